The first-order chi connectivity index (χ1) is 15.3. The van der Waals surface area contributed by atoms with Crippen molar-refractivity contribution in [2.75, 3.05) is 16.3 Å². The molecule has 2 amide bonds. The second-order valence-electron chi connectivity index (χ2n) is 8.59. The molecule has 0 unspecified atom stereocenters. The highest BCUT2D eigenvalue weighted by molar-refractivity contribution is 6.03. The van der Waals surface area contributed by atoms with E-state index >= 15 is 0 Å². The molecule has 0 spiro atoms. The fourth-order valence-electron chi connectivity index (χ4n) is 4.09. The predicted molar refractivity (Wildman–Crippen MR) is 123 cm³/mol. The summed E-state index contributed by atoms with van der Waals surface area (Å²) in [6.07, 6.45) is 6.58. The highest BCUT2D eigenvalue weighted by atomic mass is 16.4. The summed E-state index contributed by atoms with van der Waals surface area (Å²) in [6, 6.07) is 9.23. The van der Waals surface area contributed by atoms with Gasteiger partial charge in [-0.3, -0.25) is 19.4 Å². The van der Waals surface area contributed by atoms with E-state index in [1.165, 1.54) is 4.90 Å². The van der Waals surface area contributed by atoms with Crippen molar-refractivity contribution >= 4 is 23.4 Å². The molecule has 3 aromatic rings. The van der Waals surface area contributed by atoms with Gasteiger partial charge in [-0.25, -0.2) is 4.79 Å². The van der Waals surface area contributed by atoms with Gasteiger partial charge in [0, 0.05) is 37.1 Å². The van der Waals surface area contributed by atoms with E-state index in [0.29, 0.717) is 24.3 Å². The molecule has 1 aliphatic rings. The van der Waals surface area contributed by atoms with E-state index < -0.39 is 6.09 Å². The number of amides is 2. The van der Waals surface area contributed by atoms with Gasteiger partial charge >= 0.3 is 6.09 Å². The summed E-state index contributed by atoms with van der Waals surface area (Å²) in [4.78, 5) is 32.0. The van der Waals surface area contributed by atoms with Crippen molar-refractivity contribution in [1.29, 1.82) is 0 Å². The van der Waals surface area contributed by atoms with Crippen LogP contribution in [0, 0.1) is 5.92 Å². The molecule has 2 aromatic heterocycles. The van der Waals surface area contributed by atoms with Crippen LogP contribution in [0.1, 0.15) is 32.8 Å². The second-order valence-corrected chi connectivity index (χ2v) is 8.59. The average molecular weight is 434 g/mol. The van der Waals surface area contributed by atoms with Crippen molar-refractivity contribution in [2.24, 2.45) is 5.92 Å². The largest absolute Gasteiger partial charge is 0.465 e. The molecule has 8 heteroatoms. The molecule has 3 heterocycles. The zero-order valence-corrected chi connectivity index (χ0v) is 18.5. The molecule has 0 saturated carbocycles. The molecule has 1 N–H and O–H groups in total. The number of hydrogen-bond donors (Lipinski definition) is 1. The minimum absolute atomic E-state index is 0.0108. The van der Waals surface area contributed by atoms with Gasteiger partial charge < -0.3 is 10.0 Å². The van der Waals surface area contributed by atoms with Crippen LogP contribution in [0.15, 0.2) is 55.1 Å². The molecular formula is C24H27N5O3. The number of anilines is 2. The molecule has 0 aliphatic carbocycles. The Hall–Kier alpha value is -3.68. The molecule has 0 radical (unpaired) electrons. The van der Waals surface area contributed by atoms with Crippen LogP contribution in [0.5, 0.6) is 0 Å². The van der Waals surface area contributed by atoms with E-state index in [9.17, 15) is 14.7 Å². The van der Waals surface area contributed by atoms with Crippen LogP contribution < -0.4 is 9.80 Å². The number of pyridine rings is 1. The van der Waals surface area contributed by atoms with Crippen molar-refractivity contribution < 1.29 is 14.7 Å². The Labute approximate surface area is 187 Å². The molecule has 8 nitrogen and oxygen atoms in total. The summed E-state index contributed by atoms with van der Waals surface area (Å²) in [5.41, 5.74) is 3.97. The number of aromatic nitrogens is 3. The maximum Gasteiger partial charge on any atom is 0.411 e. The van der Waals surface area contributed by atoms with Gasteiger partial charge in [0.05, 0.1) is 30.2 Å². The van der Waals surface area contributed by atoms with Gasteiger partial charge in [-0.05, 0) is 48.2 Å². The minimum Gasteiger partial charge on any atom is -0.465 e. The number of carboxylic acid groups (broad SMARTS) is 1. The fourth-order valence-corrected chi connectivity index (χ4v) is 4.09. The van der Waals surface area contributed by atoms with E-state index in [1.54, 1.807) is 23.5 Å². The van der Waals surface area contributed by atoms with Gasteiger partial charge in [-0.15, -0.1) is 0 Å². The summed E-state index contributed by atoms with van der Waals surface area (Å²) < 4.78 is 1.83. The smallest absolute Gasteiger partial charge is 0.411 e. The molecule has 1 atom stereocenters. The van der Waals surface area contributed by atoms with Crippen molar-refractivity contribution in [2.45, 2.75) is 39.8 Å². The first kappa shape index (κ1) is 21.5. The standard InChI is InChI=1S/C24H27N5O3/c1-16(2)10-23(30)29-17(3)13-28(24(31)32)22-11-19(4-5-21(22)29)20-12-26-27(15-20)14-18-6-8-25-9-7-18/h4-9,11-12,15-17H,10,13-14H2,1-3H3,(H,31,32)/t17-/m0/s1. The highest BCUT2D eigenvalue weighted by Gasteiger charge is 2.35. The average Bonchev–Trinajstić information content (AvgIpc) is 3.21. The second kappa shape index (κ2) is 8.82. The number of carbonyl (C=O) groups is 2. The first-order valence-electron chi connectivity index (χ1n) is 10.7. The lowest BCUT2D eigenvalue weighted by Crippen LogP contribution is -2.51. The van der Waals surface area contributed by atoms with Crippen LogP contribution in [0.25, 0.3) is 11.1 Å². The van der Waals surface area contributed by atoms with Crippen LogP contribution in [0.2, 0.25) is 0 Å². The van der Waals surface area contributed by atoms with Crippen molar-refractivity contribution in [1.82, 2.24) is 14.8 Å². The lowest BCUT2D eigenvalue weighted by Gasteiger charge is -2.40. The van der Waals surface area contributed by atoms with Crippen molar-refractivity contribution in [3.05, 3.63) is 60.7 Å². The lowest BCUT2D eigenvalue weighted by atomic mass is 10.0. The van der Waals surface area contributed by atoms with Crippen molar-refractivity contribution in [3.63, 3.8) is 0 Å². The Morgan fingerprint density at radius 3 is 2.56 bits per heavy atom. The SMILES string of the molecule is CC(C)CC(=O)N1c2ccc(-c3cnn(Cc4ccncc4)c3)cc2N(C(=O)O)C[C@@H]1C. The van der Waals surface area contributed by atoms with Crippen LogP contribution in [-0.4, -0.2) is 44.5 Å². The number of hydrogen-bond acceptors (Lipinski definition) is 4. The third-order valence-electron chi connectivity index (χ3n) is 5.56. The number of benzene rings is 1. The molecule has 1 aliphatic heterocycles. The molecule has 0 bridgehead atoms. The van der Waals surface area contributed by atoms with Gasteiger partial charge in [0.15, 0.2) is 0 Å². The van der Waals surface area contributed by atoms with Crippen LogP contribution in [0.3, 0.4) is 0 Å². The number of carbonyl (C=O) groups excluding carboxylic acids is 1. The van der Waals surface area contributed by atoms with Gasteiger partial charge in [-0.2, -0.15) is 5.10 Å². The summed E-state index contributed by atoms with van der Waals surface area (Å²) >= 11 is 0. The van der Waals surface area contributed by atoms with E-state index in [2.05, 4.69) is 10.1 Å². The monoisotopic (exact) mass is 433 g/mol. The van der Waals surface area contributed by atoms with Gasteiger partial charge in [0.1, 0.15) is 0 Å². The molecule has 166 valence electrons. The number of fused-ring (bicyclic) bond motifs is 1. The molecular weight excluding hydrogens is 406 g/mol. The van der Waals surface area contributed by atoms with E-state index in [4.69, 9.17) is 0 Å². The maximum absolute atomic E-state index is 12.9. The first-order valence-corrected chi connectivity index (χ1v) is 10.7. The zero-order chi connectivity index (χ0) is 22.8. The van der Waals surface area contributed by atoms with Gasteiger partial charge in [-0.1, -0.05) is 19.9 Å². The number of rotatable bonds is 5. The van der Waals surface area contributed by atoms with Crippen LogP contribution in [0.4, 0.5) is 16.2 Å². The third-order valence-corrected chi connectivity index (χ3v) is 5.56. The Morgan fingerprint density at radius 1 is 1.12 bits per heavy atom. The Kier molecular flexibility index (Phi) is 5.94. The van der Waals surface area contributed by atoms with E-state index in [-0.39, 0.29) is 24.4 Å². The molecule has 4 rings (SSSR count). The van der Waals surface area contributed by atoms with Crippen LogP contribution in [-0.2, 0) is 11.3 Å². The Balaban J connectivity index is 1.68. The predicted octanol–water partition coefficient (Wildman–Crippen LogP) is 4.26. The molecule has 32 heavy (non-hydrogen) atoms. The van der Waals surface area contributed by atoms with Crippen molar-refractivity contribution in [3.8, 4) is 11.1 Å². The Bertz CT molecular complexity index is 1130. The topological polar surface area (TPSA) is 91.6 Å². The summed E-state index contributed by atoms with van der Waals surface area (Å²) in [5.74, 6) is 0.234. The van der Waals surface area contributed by atoms with Crippen LogP contribution >= 0.6 is 0 Å². The quantitative estimate of drug-likeness (QED) is 0.649. The normalized spacial score (nSPS) is 15.7. The minimum atomic E-state index is -1.03. The molecule has 0 saturated heterocycles. The number of nitrogens with zero attached hydrogens (tertiary/aromatic N) is 5. The summed E-state index contributed by atoms with van der Waals surface area (Å²) in [6.45, 7) is 6.74. The molecule has 1 aromatic carbocycles. The summed E-state index contributed by atoms with van der Waals surface area (Å²) in [7, 11) is 0. The van der Waals surface area contributed by atoms with Gasteiger partial charge in [0.25, 0.3) is 0 Å². The summed E-state index contributed by atoms with van der Waals surface area (Å²) in [5, 5.41) is 14.2. The van der Waals surface area contributed by atoms with Gasteiger partial charge in [0.2, 0.25) is 5.91 Å². The third kappa shape index (κ3) is 4.34. The fraction of sp³-hybridized carbons (Fsp3) is 0.333. The Morgan fingerprint density at radius 2 is 1.88 bits per heavy atom. The molecule has 0 fully saturated rings. The van der Waals surface area contributed by atoms with E-state index in [0.717, 1.165) is 16.7 Å². The van der Waals surface area contributed by atoms with E-state index in [1.807, 2.05) is 62.0 Å². The lowest BCUT2D eigenvalue weighted by molar-refractivity contribution is -0.119. The maximum atomic E-state index is 12.9. The highest BCUT2D eigenvalue weighted by Crippen LogP contribution is 2.39. The zero-order valence-electron chi connectivity index (χ0n) is 18.5.